The molecule has 0 fully saturated rings. The van der Waals surface area contributed by atoms with Crippen LogP contribution >= 0.6 is 0 Å². The zero-order valence-electron chi connectivity index (χ0n) is 17.3. The topological polar surface area (TPSA) is 87.2 Å². The highest BCUT2D eigenvalue weighted by atomic mass is 16.5. The van der Waals surface area contributed by atoms with Gasteiger partial charge in [0.25, 0.3) is 5.56 Å². The van der Waals surface area contributed by atoms with Crippen LogP contribution < -0.4 is 5.56 Å². The number of hydrogen-bond donors (Lipinski definition) is 0. The van der Waals surface area contributed by atoms with E-state index in [1.54, 1.807) is 16.2 Å². The minimum Gasteiger partial charge on any atom is -0.480 e. The van der Waals surface area contributed by atoms with Crippen molar-refractivity contribution in [3.05, 3.63) is 40.4 Å². The highest BCUT2D eigenvalue weighted by Crippen LogP contribution is 2.25. The maximum atomic E-state index is 13.4. The molecule has 0 aliphatic rings. The molecule has 0 aliphatic carbocycles. The lowest BCUT2D eigenvalue weighted by Gasteiger charge is -2.12. The first-order chi connectivity index (χ1) is 13.9. The lowest BCUT2D eigenvalue weighted by molar-refractivity contribution is 0.321. The first-order valence-corrected chi connectivity index (χ1v) is 9.77. The third kappa shape index (κ3) is 3.24. The first-order valence-electron chi connectivity index (χ1n) is 9.77. The normalized spacial score (nSPS) is 12.6. The predicted octanol–water partition coefficient (Wildman–Crippen LogP) is 3.48. The number of ether oxygens (including phenoxy) is 1. The molecule has 3 heterocycles. The van der Waals surface area contributed by atoms with Gasteiger partial charge in [-0.05, 0) is 31.9 Å². The summed E-state index contributed by atoms with van der Waals surface area (Å²) in [7, 11) is 0. The van der Waals surface area contributed by atoms with Gasteiger partial charge in [-0.2, -0.15) is 4.68 Å². The summed E-state index contributed by atoms with van der Waals surface area (Å²) in [6.07, 6.45) is 0. The van der Waals surface area contributed by atoms with Gasteiger partial charge >= 0.3 is 0 Å². The maximum Gasteiger partial charge on any atom is 0.265 e. The molecule has 150 valence electrons. The Kier molecular flexibility index (Phi) is 4.77. The number of para-hydroxylation sites is 2. The number of benzene rings is 1. The fourth-order valence-corrected chi connectivity index (χ4v) is 3.47. The Bertz CT molecular complexity index is 1320. The minimum atomic E-state index is -0.126. The zero-order valence-corrected chi connectivity index (χ0v) is 17.3. The van der Waals surface area contributed by atoms with Crippen LogP contribution in [0.3, 0.4) is 0 Å². The third-order valence-corrected chi connectivity index (χ3v) is 4.67. The molecular formula is C21H24N6O2. The van der Waals surface area contributed by atoms with Gasteiger partial charge < -0.3 is 4.74 Å². The second-order valence-electron chi connectivity index (χ2n) is 7.42. The van der Waals surface area contributed by atoms with Crippen LogP contribution in [0.4, 0.5) is 0 Å². The molecule has 0 amide bonds. The molecule has 0 bridgehead atoms. The van der Waals surface area contributed by atoms with Gasteiger partial charge in [0.15, 0.2) is 11.3 Å². The van der Waals surface area contributed by atoms with Crippen molar-refractivity contribution in [3.63, 3.8) is 0 Å². The highest BCUT2D eigenvalue weighted by Gasteiger charge is 2.21. The van der Waals surface area contributed by atoms with Crippen LogP contribution in [0.2, 0.25) is 0 Å². The second kappa shape index (κ2) is 7.27. The SMILES string of the molecule is CCOC(C)=Nn1c2nc3ccccc3nc2c2c(=O)n(CC(C)C)c(C)nc21. The van der Waals surface area contributed by atoms with Crippen LogP contribution in [-0.2, 0) is 11.3 Å². The van der Waals surface area contributed by atoms with Gasteiger partial charge in [-0.3, -0.25) is 9.36 Å². The number of hydrogen-bond acceptors (Lipinski definition) is 6. The van der Waals surface area contributed by atoms with E-state index in [1.165, 1.54) is 0 Å². The molecule has 4 aromatic rings. The van der Waals surface area contributed by atoms with E-state index in [4.69, 9.17) is 19.7 Å². The highest BCUT2D eigenvalue weighted by molar-refractivity contribution is 6.04. The van der Waals surface area contributed by atoms with E-state index in [2.05, 4.69) is 18.9 Å². The Morgan fingerprint density at radius 1 is 1.14 bits per heavy atom. The van der Waals surface area contributed by atoms with Crippen molar-refractivity contribution in [2.75, 3.05) is 6.61 Å². The predicted molar refractivity (Wildman–Crippen MR) is 114 cm³/mol. The average molecular weight is 392 g/mol. The Balaban J connectivity index is 2.17. The Hall–Kier alpha value is -3.29. The van der Waals surface area contributed by atoms with Gasteiger partial charge in [0, 0.05) is 13.5 Å². The van der Waals surface area contributed by atoms with Crippen LogP contribution in [0.5, 0.6) is 0 Å². The summed E-state index contributed by atoms with van der Waals surface area (Å²) in [6.45, 7) is 10.7. The fourth-order valence-electron chi connectivity index (χ4n) is 3.47. The Labute approximate surface area is 167 Å². The van der Waals surface area contributed by atoms with Gasteiger partial charge in [0.05, 0.1) is 17.6 Å². The summed E-state index contributed by atoms with van der Waals surface area (Å²) in [5.74, 6) is 1.41. The monoisotopic (exact) mass is 392 g/mol. The van der Waals surface area contributed by atoms with Crippen LogP contribution in [0, 0.1) is 12.8 Å². The fraction of sp³-hybridized carbons (Fsp3) is 0.381. The molecule has 29 heavy (non-hydrogen) atoms. The quantitative estimate of drug-likeness (QED) is 0.392. The largest absolute Gasteiger partial charge is 0.480 e. The van der Waals surface area contributed by atoms with E-state index in [0.29, 0.717) is 53.0 Å². The van der Waals surface area contributed by atoms with Crippen molar-refractivity contribution in [2.24, 2.45) is 11.0 Å². The van der Waals surface area contributed by atoms with Crippen LogP contribution in [-0.4, -0.2) is 36.7 Å². The summed E-state index contributed by atoms with van der Waals surface area (Å²) in [4.78, 5) is 27.6. The number of aromatic nitrogens is 5. The molecule has 8 heteroatoms. The lowest BCUT2D eigenvalue weighted by Crippen LogP contribution is -2.26. The number of rotatable bonds is 4. The molecule has 4 rings (SSSR count). The molecule has 0 saturated carbocycles. The smallest absolute Gasteiger partial charge is 0.265 e. The van der Waals surface area contributed by atoms with Gasteiger partial charge in [-0.15, -0.1) is 5.10 Å². The van der Waals surface area contributed by atoms with Crippen molar-refractivity contribution >= 4 is 39.1 Å². The Morgan fingerprint density at radius 2 is 1.83 bits per heavy atom. The number of aryl methyl sites for hydroxylation is 1. The van der Waals surface area contributed by atoms with E-state index in [-0.39, 0.29) is 5.56 Å². The lowest BCUT2D eigenvalue weighted by atomic mass is 10.2. The molecule has 0 N–H and O–H groups in total. The minimum absolute atomic E-state index is 0.126. The van der Waals surface area contributed by atoms with Gasteiger partial charge in [-0.1, -0.05) is 26.0 Å². The number of nitrogens with zero attached hydrogens (tertiary/aromatic N) is 6. The molecule has 0 saturated heterocycles. The molecule has 0 atom stereocenters. The summed E-state index contributed by atoms with van der Waals surface area (Å²) >= 11 is 0. The van der Waals surface area contributed by atoms with E-state index < -0.39 is 0 Å². The molecule has 3 aromatic heterocycles. The van der Waals surface area contributed by atoms with Crippen LogP contribution in [0.15, 0.2) is 34.2 Å². The van der Waals surface area contributed by atoms with Crippen molar-refractivity contribution < 1.29 is 4.74 Å². The maximum absolute atomic E-state index is 13.4. The van der Waals surface area contributed by atoms with Gasteiger partial charge in [0.2, 0.25) is 5.90 Å². The van der Waals surface area contributed by atoms with E-state index in [9.17, 15) is 4.79 Å². The standard InChI is InChI=1S/C21H24N6O2/c1-6-29-14(5)25-27-19-17(21(28)26(11-12(2)3)13(4)22-19)18-20(27)24-16-10-8-7-9-15(16)23-18/h7-10,12H,6,11H2,1-5H3. The molecule has 0 radical (unpaired) electrons. The summed E-state index contributed by atoms with van der Waals surface area (Å²) < 4.78 is 8.78. The molecule has 0 spiro atoms. The second-order valence-corrected chi connectivity index (χ2v) is 7.42. The first kappa shape index (κ1) is 19.0. The number of fused-ring (bicyclic) bond motifs is 4. The average Bonchev–Trinajstić information content (AvgIpc) is 2.96. The van der Waals surface area contributed by atoms with Crippen molar-refractivity contribution in [1.29, 1.82) is 0 Å². The van der Waals surface area contributed by atoms with Gasteiger partial charge in [-0.25, -0.2) is 15.0 Å². The van der Waals surface area contributed by atoms with Gasteiger partial charge in [0.1, 0.15) is 16.7 Å². The van der Waals surface area contributed by atoms with Crippen molar-refractivity contribution in [3.8, 4) is 0 Å². The van der Waals surface area contributed by atoms with E-state index >= 15 is 0 Å². The van der Waals surface area contributed by atoms with E-state index in [0.717, 1.165) is 11.0 Å². The summed E-state index contributed by atoms with van der Waals surface area (Å²) in [5.41, 5.74) is 2.76. The molecule has 1 aromatic carbocycles. The Morgan fingerprint density at radius 3 is 2.48 bits per heavy atom. The molecule has 0 aliphatic heterocycles. The van der Waals surface area contributed by atoms with Crippen LogP contribution in [0.1, 0.15) is 33.5 Å². The van der Waals surface area contributed by atoms with Crippen molar-refractivity contribution in [1.82, 2.24) is 24.2 Å². The third-order valence-electron chi connectivity index (χ3n) is 4.67. The summed E-state index contributed by atoms with van der Waals surface area (Å²) in [5, 5.41) is 4.97. The molecule has 8 nitrogen and oxygen atoms in total. The molecule has 0 unspecified atom stereocenters. The van der Waals surface area contributed by atoms with E-state index in [1.807, 2.05) is 38.1 Å². The molecular weight excluding hydrogens is 368 g/mol. The summed E-state index contributed by atoms with van der Waals surface area (Å²) in [6, 6.07) is 7.58. The van der Waals surface area contributed by atoms with Crippen LogP contribution in [0.25, 0.3) is 33.2 Å². The van der Waals surface area contributed by atoms with Crippen molar-refractivity contribution in [2.45, 2.75) is 41.2 Å². The zero-order chi connectivity index (χ0) is 20.7.